The standard InChI is InChI=1S/C58H43NO2/c1-2-14-38(15-3-1)44-21-10-16-41-17-11-24-48(56(41)44)47-18-4-7-25-51(47)59(42-34-30-39(31-35-42)45-22-12-28-54-57(45)49-19-5-8-26-52(49)60-54)43-36-32-40(33-37-43)46-23-13-29-55-58(46)50-20-6-9-27-53(50)61-55/h4-13,16-38H,1-3,14-15H2. The molecule has 292 valence electrons. The van der Waals surface area contributed by atoms with Gasteiger partial charge in [-0.3, -0.25) is 0 Å². The molecule has 1 aliphatic rings. The molecule has 2 aromatic heterocycles. The number of anilines is 3. The van der Waals surface area contributed by atoms with E-state index in [1.54, 1.807) is 0 Å². The van der Waals surface area contributed by atoms with Gasteiger partial charge in [0.1, 0.15) is 22.3 Å². The Morgan fingerprint density at radius 1 is 0.361 bits per heavy atom. The van der Waals surface area contributed by atoms with Crippen molar-refractivity contribution >= 4 is 71.7 Å². The molecule has 3 heteroatoms. The first-order valence-electron chi connectivity index (χ1n) is 21.7. The van der Waals surface area contributed by atoms with Crippen LogP contribution in [-0.2, 0) is 0 Å². The number of furan rings is 2. The van der Waals surface area contributed by atoms with Crippen molar-refractivity contribution in [1.82, 2.24) is 0 Å². The van der Waals surface area contributed by atoms with Crippen molar-refractivity contribution < 1.29 is 8.83 Å². The molecule has 0 bridgehead atoms. The zero-order chi connectivity index (χ0) is 40.3. The van der Waals surface area contributed by atoms with Gasteiger partial charge in [-0.25, -0.2) is 0 Å². The molecule has 0 N–H and O–H groups in total. The van der Waals surface area contributed by atoms with E-state index in [0.717, 1.165) is 83.2 Å². The van der Waals surface area contributed by atoms with Crippen molar-refractivity contribution in [2.24, 2.45) is 0 Å². The number of hydrogen-bond acceptors (Lipinski definition) is 3. The molecule has 1 saturated carbocycles. The average Bonchev–Trinajstić information content (AvgIpc) is 3.91. The summed E-state index contributed by atoms with van der Waals surface area (Å²) < 4.78 is 12.6. The van der Waals surface area contributed by atoms with Crippen molar-refractivity contribution in [3.8, 4) is 33.4 Å². The lowest BCUT2D eigenvalue weighted by Crippen LogP contribution is -2.11. The van der Waals surface area contributed by atoms with Gasteiger partial charge in [-0.2, -0.15) is 0 Å². The van der Waals surface area contributed by atoms with E-state index in [4.69, 9.17) is 8.83 Å². The largest absolute Gasteiger partial charge is 0.456 e. The van der Waals surface area contributed by atoms with Gasteiger partial charge in [0.25, 0.3) is 0 Å². The maximum absolute atomic E-state index is 6.29. The minimum absolute atomic E-state index is 0.579. The van der Waals surface area contributed by atoms with Gasteiger partial charge in [0.2, 0.25) is 0 Å². The highest BCUT2D eigenvalue weighted by molar-refractivity contribution is 6.13. The van der Waals surface area contributed by atoms with E-state index in [1.165, 1.54) is 59.6 Å². The molecule has 11 aromatic rings. The van der Waals surface area contributed by atoms with Crippen LogP contribution in [0.4, 0.5) is 17.1 Å². The highest BCUT2D eigenvalue weighted by atomic mass is 16.3. The van der Waals surface area contributed by atoms with Crippen LogP contribution in [0.15, 0.2) is 203 Å². The van der Waals surface area contributed by atoms with Gasteiger partial charge in [-0.05, 0) is 118 Å². The van der Waals surface area contributed by atoms with Gasteiger partial charge in [0.15, 0.2) is 0 Å². The summed E-state index contributed by atoms with van der Waals surface area (Å²) in [7, 11) is 0. The molecule has 1 fully saturated rings. The minimum atomic E-state index is 0.579. The summed E-state index contributed by atoms with van der Waals surface area (Å²) in [5.41, 5.74) is 15.5. The summed E-state index contributed by atoms with van der Waals surface area (Å²) in [5, 5.41) is 7.25. The fraction of sp³-hybridized carbons (Fsp3) is 0.103. The highest BCUT2D eigenvalue weighted by Gasteiger charge is 2.23. The van der Waals surface area contributed by atoms with Crippen LogP contribution in [0.3, 0.4) is 0 Å². The first-order valence-corrected chi connectivity index (χ1v) is 21.7. The molecule has 3 nitrogen and oxygen atoms in total. The summed E-state index contributed by atoms with van der Waals surface area (Å²) in [6, 6.07) is 70.3. The number of benzene rings is 9. The molecule has 2 heterocycles. The van der Waals surface area contributed by atoms with Gasteiger partial charge in [0, 0.05) is 38.5 Å². The SMILES string of the molecule is c1ccc(N(c2ccc(-c3cccc4oc5ccccc5c34)cc2)c2ccc(-c3cccc4oc5ccccc5c34)cc2)c(-c2cccc3cccc(C4CCCCC4)c23)c1. The number of hydrogen-bond donors (Lipinski definition) is 0. The fourth-order valence-corrected chi connectivity index (χ4v) is 10.3. The maximum Gasteiger partial charge on any atom is 0.136 e. The predicted molar refractivity (Wildman–Crippen MR) is 255 cm³/mol. The van der Waals surface area contributed by atoms with Crippen molar-refractivity contribution in [3.05, 3.63) is 200 Å². The Balaban J connectivity index is 1.03. The lowest BCUT2D eigenvalue weighted by atomic mass is 9.80. The normalized spacial score (nSPS) is 13.5. The van der Waals surface area contributed by atoms with Crippen LogP contribution in [0.2, 0.25) is 0 Å². The molecule has 0 atom stereocenters. The third kappa shape index (κ3) is 6.03. The second kappa shape index (κ2) is 14.7. The Bertz CT molecular complexity index is 3240. The smallest absolute Gasteiger partial charge is 0.136 e. The Morgan fingerprint density at radius 2 is 0.836 bits per heavy atom. The van der Waals surface area contributed by atoms with E-state index in [1.807, 2.05) is 12.1 Å². The molecule has 61 heavy (non-hydrogen) atoms. The second-order valence-electron chi connectivity index (χ2n) is 16.6. The van der Waals surface area contributed by atoms with Crippen LogP contribution < -0.4 is 4.90 Å². The van der Waals surface area contributed by atoms with Gasteiger partial charge in [-0.15, -0.1) is 0 Å². The van der Waals surface area contributed by atoms with Crippen molar-refractivity contribution in [2.75, 3.05) is 4.90 Å². The van der Waals surface area contributed by atoms with Crippen LogP contribution in [0.5, 0.6) is 0 Å². The van der Waals surface area contributed by atoms with Crippen LogP contribution in [0, 0.1) is 0 Å². The van der Waals surface area contributed by atoms with E-state index >= 15 is 0 Å². The van der Waals surface area contributed by atoms with Crippen LogP contribution in [0.1, 0.15) is 43.6 Å². The summed E-state index contributed by atoms with van der Waals surface area (Å²) in [6.07, 6.45) is 6.45. The van der Waals surface area contributed by atoms with E-state index in [9.17, 15) is 0 Å². The Hall–Kier alpha value is -7.36. The third-order valence-corrected chi connectivity index (χ3v) is 13.1. The molecular formula is C58H43NO2. The molecule has 0 amide bonds. The van der Waals surface area contributed by atoms with Crippen molar-refractivity contribution in [2.45, 2.75) is 38.0 Å². The highest BCUT2D eigenvalue weighted by Crippen LogP contribution is 2.47. The molecule has 0 radical (unpaired) electrons. The minimum Gasteiger partial charge on any atom is -0.456 e. The van der Waals surface area contributed by atoms with E-state index < -0.39 is 0 Å². The van der Waals surface area contributed by atoms with Crippen molar-refractivity contribution in [3.63, 3.8) is 0 Å². The van der Waals surface area contributed by atoms with Crippen LogP contribution >= 0.6 is 0 Å². The molecule has 0 aliphatic heterocycles. The first-order chi connectivity index (χ1) is 30.3. The number of fused-ring (bicyclic) bond motifs is 7. The van der Waals surface area contributed by atoms with Gasteiger partial charge in [-0.1, -0.05) is 159 Å². The van der Waals surface area contributed by atoms with Crippen LogP contribution in [0.25, 0.3) is 88.0 Å². The van der Waals surface area contributed by atoms with Gasteiger partial charge < -0.3 is 13.7 Å². The summed E-state index contributed by atoms with van der Waals surface area (Å²) in [4.78, 5) is 2.44. The molecule has 0 saturated heterocycles. The van der Waals surface area contributed by atoms with Crippen molar-refractivity contribution in [1.29, 1.82) is 0 Å². The molecule has 0 unspecified atom stereocenters. The quantitative estimate of drug-likeness (QED) is 0.161. The van der Waals surface area contributed by atoms with E-state index in [2.05, 4.69) is 187 Å². The van der Waals surface area contributed by atoms with Gasteiger partial charge in [0.05, 0.1) is 5.69 Å². The monoisotopic (exact) mass is 785 g/mol. The third-order valence-electron chi connectivity index (χ3n) is 13.1. The number of rotatable bonds is 7. The molecule has 12 rings (SSSR count). The second-order valence-corrected chi connectivity index (χ2v) is 16.6. The molecule has 1 aliphatic carbocycles. The van der Waals surface area contributed by atoms with E-state index in [-0.39, 0.29) is 0 Å². The average molecular weight is 786 g/mol. The number of nitrogens with zero attached hydrogens (tertiary/aromatic N) is 1. The van der Waals surface area contributed by atoms with Gasteiger partial charge >= 0.3 is 0 Å². The summed E-state index contributed by atoms with van der Waals surface area (Å²) in [5.74, 6) is 0.579. The Kier molecular flexibility index (Phi) is 8.59. The lowest BCUT2D eigenvalue weighted by Gasteiger charge is -2.29. The summed E-state index contributed by atoms with van der Waals surface area (Å²) >= 11 is 0. The maximum atomic E-state index is 6.29. The zero-order valence-electron chi connectivity index (χ0n) is 33.9. The zero-order valence-corrected chi connectivity index (χ0v) is 33.9. The Labute approximate surface area is 355 Å². The van der Waals surface area contributed by atoms with E-state index in [0.29, 0.717) is 5.92 Å². The topological polar surface area (TPSA) is 29.5 Å². The first kappa shape index (κ1) is 35.6. The molecule has 0 spiro atoms. The predicted octanol–water partition coefficient (Wildman–Crippen LogP) is 17.2. The molecular weight excluding hydrogens is 743 g/mol. The number of para-hydroxylation sites is 3. The fourth-order valence-electron chi connectivity index (χ4n) is 10.3. The Morgan fingerprint density at radius 3 is 1.44 bits per heavy atom. The summed E-state index contributed by atoms with van der Waals surface area (Å²) in [6.45, 7) is 0. The van der Waals surface area contributed by atoms with Crippen LogP contribution in [-0.4, -0.2) is 0 Å². The molecule has 9 aromatic carbocycles. The lowest BCUT2D eigenvalue weighted by molar-refractivity contribution is 0.445.